The van der Waals surface area contributed by atoms with Gasteiger partial charge in [0.1, 0.15) is 29.9 Å². The van der Waals surface area contributed by atoms with Gasteiger partial charge >= 0.3 is 18.2 Å². The molecule has 1 aromatic rings. The van der Waals surface area contributed by atoms with E-state index in [0.29, 0.717) is 45.2 Å². The van der Waals surface area contributed by atoms with Crippen LogP contribution in [0.4, 0.5) is 9.59 Å². The molecule has 3 amide bonds. The fourth-order valence-corrected chi connectivity index (χ4v) is 4.14. The number of carbonyl (C=O) groups is 4. The van der Waals surface area contributed by atoms with Crippen molar-refractivity contribution in [3.63, 3.8) is 0 Å². The molecule has 0 aliphatic carbocycles. The lowest BCUT2D eigenvalue weighted by atomic mass is 10.1. The van der Waals surface area contributed by atoms with Gasteiger partial charge in [-0.15, -0.1) is 0 Å². The molecule has 222 valence electrons. The number of amides is 3. The van der Waals surface area contributed by atoms with E-state index in [-0.39, 0.29) is 12.5 Å². The van der Waals surface area contributed by atoms with Crippen LogP contribution in [0.2, 0.25) is 0 Å². The second-order valence-corrected chi connectivity index (χ2v) is 11.8. The molecule has 0 saturated carbocycles. The Morgan fingerprint density at radius 2 is 1.62 bits per heavy atom. The largest absolute Gasteiger partial charge is 0.460 e. The van der Waals surface area contributed by atoms with Crippen molar-refractivity contribution >= 4 is 30.1 Å². The van der Waals surface area contributed by atoms with E-state index in [0.717, 1.165) is 5.56 Å². The van der Waals surface area contributed by atoms with Gasteiger partial charge in [-0.25, -0.2) is 14.4 Å². The minimum Gasteiger partial charge on any atom is -0.460 e. The molecule has 1 heterocycles. The van der Waals surface area contributed by atoms with E-state index in [1.807, 2.05) is 36.4 Å². The molecule has 10 nitrogen and oxygen atoms in total. The van der Waals surface area contributed by atoms with E-state index < -0.39 is 41.4 Å². The number of nitrogens with one attached hydrogen (secondary N) is 2. The first-order chi connectivity index (χ1) is 18.7. The van der Waals surface area contributed by atoms with Gasteiger partial charge in [-0.1, -0.05) is 36.4 Å². The van der Waals surface area contributed by atoms with E-state index in [1.165, 1.54) is 4.90 Å². The topological polar surface area (TPSA) is 123 Å². The van der Waals surface area contributed by atoms with Crippen molar-refractivity contribution in [2.45, 2.75) is 96.9 Å². The summed E-state index contributed by atoms with van der Waals surface area (Å²) in [4.78, 5) is 52.3. The quantitative estimate of drug-likeness (QED) is 0.226. The van der Waals surface area contributed by atoms with Gasteiger partial charge in [0.05, 0.1) is 0 Å². The highest BCUT2D eigenvalue weighted by Gasteiger charge is 2.38. The van der Waals surface area contributed by atoms with E-state index in [4.69, 9.17) is 14.2 Å². The third kappa shape index (κ3) is 12.5. The van der Waals surface area contributed by atoms with Gasteiger partial charge in [-0.05, 0) is 85.3 Å². The summed E-state index contributed by atoms with van der Waals surface area (Å²) in [6.45, 7) is 11.4. The van der Waals surface area contributed by atoms with Crippen molar-refractivity contribution in [1.82, 2.24) is 15.5 Å². The number of hydrogen-bond acceptors (Lipinski definition) is 7. The Bertz CT molecular complexity index is 1010. The predicted molar refractivity (Wildman–Crippen MR) is 152 cm³/mol. The van der Waals surface area contributed by atoms with Gasteiger partial charge in [-0.2, -0.15) is 0 Å². The Morgan fingerprint density at radius 1 is 0.975 bits per heavy atom. The van der Waals surface area contributed by atoms with Gasteiger partial charge < -0.3 is 29.7 Å². The van der Waals surface area contributed by atoms with Crippen LogP contribution in [0.3, 0.4) is 0 Å². The van der Waals surface area contributed by atoms with Crippen molar-refractivity contribution in [2.24, 2.45) is 0 Å². The summed E-state index contributed by atoms with van der Waals surface area (Å²) >= 11 is 0. The molecule has 0 radical (unpaired) electrons. The molecule has 10 heteroatoms. The summed E-state index contributed by atoms with van der Waals surface area (Å²) in [5, 5.41) is 5.37. The van der Waals surface area contributed by atoms with Crippen LogP contribution >= 0.6 is 0 Å². The van der Waals surface area contributed by atoms with Crippen LogP contribution in [0.15, 0.2) is 36.4 Å². The molecule has 2 N–H and O–H groups in total. The molecule has 2 atom stereocenters. The maximum Gasteiger partial charge on any atom is 0.408 e. The maximum atomic E-state index is 13.5. The van der Waals surface area contributed by atoms with Crippen molar-refractivity contribution in [2.75, 3.05) is 19.7 Å². The van der Waals surface area contributed by atoms with Crippen LogP contribution in [0.1, 0.15) is 79.2 Å². The second-order valence-electron chi connectivity index (χ2n) is 11.8. The number of likely N-dealkylation sites (tertiary alicyclic amines) is 1. The van der Waals surface area contributed by atoms with Crippen LogP contribution in [0, 0.1) is 0 Å². The monoisotopic (exact) mass is 559 g/mol. The third-order valence-corrected chi connectivity index (χ3v) is 5.82. The molecule has 2 rings (SSSR count). The van der Waals surface area contributed by atoms with Crippen LogP contribution in [0.5, 0.6) is 0 Å². The van der Waals surface area contributed by atoms with Crippen molar-refractivity contribution in [1.29, 1.82) is 0 Å². The van der Waals surface area contributed by atoms with Crippen molar-refractivity contribution in [3.8, 4) is 0 Å². The summed E-state index contributed by atoms with van der Waals surface area (Å²) in [5.74, 6) is -0.827. The summed E-state index contributed by atoms with van der Waals surface area (Å²) in [7, 11) is 0. The molecular formula is C30H45N3O7. The Hall–Kier alpha value is -3.56. The molecule has 1 aliphatic heterocycles. The minimum atomic E-state index is -0.886. The lowest BCUT2D eigenvalue weighted by molar-refractivity contribution is -0.153. The fraction of sp³-hybridized carbons (Fsp3) is 0.600. The zero-order chi connectivity index (χ0) is 29.8. The Kier molecular flexibility index (Phi) is 12.5. The number of nitrogens with zero attached hydrogens (tertiary/aromatic N) is 1. The Labute approximate surface area is 237 Å². The zero-order valence-electron chi connectivity index (χ0n) is 24.7. The molecule has 1 fully saturated rings. The molecule has 0 aromatic heterocycles. The van der Waals surface area contributed by atoms with Gasteiger partial charge in [0.15, 0.2) is 0 Å². The molecule has 1 aromatic carbocycles. The van der Waals surface area contributed by atoms with Gasteiger partial charge in [0.25, 0.3) is 0 Å². The number of hydrogen-bond donors (Lipinski definition) is 2. The van der Waals surface area contributed by atoms with Crippen LogP contribution in [-0.2, 0) is 23.8 Å². The van der Waals surface area contributed by atoms with Gasteiger partial charge in [0.2, 0.25) is 5.91 Å². The standard InChI is InChI=1S/C30H45N3O7/c1-29(2,3)39-27(36)31-19-11-10-17-23(32-28(37)40-30(4,5)6)25(34)33-20-12-18-24(33)26(35)38-21-13-16-22-14-8-7-9-15-22/h7-9,13-16,23-24H,10-12,17-21H2,1-6H3,(H,31,36)(H,32,37)/b16-13+/t23?,24-/m0/s1. The van der Waals surface area contributed by atoms with E-state index in [9.17, 15) is 19.2 Å². The predicted octanol–water partition coefficient (Wildman–Crippen LogP) is 4.82. The molecule has 1 aliphatic rings. The van der Waals surface area contributed by atoms with E-state index in [1.54, 1.807) is 47.6 Å². The summed E-state index contributed by atoms with van der Waals surface area (Å²) in [5.41, 5.74) is -0.333. The first-order valence-corrected chi connectivity index (χ1v) is 13.9. The highest BCUT2D eigenvalue weighted by molar-refractivity contribution is 5.90. The smallest absolute Gasteiger partial charge is 0.408 e. The maximum absolute atomic E-state index is 13.5. The number of esters is 1. The van der Waals surface area contributed by atoms with Crippen molar-refractivity contribution in [3.05, 3.63) is 42.0 Å². The number of alkyl carbamates (subject to hydrolysis) is 2. The number of benzene rings is 1. The highest BCUT2D eigenvalue weighted by Crippen LogP contribution is 2.21. The Morgan fingerprint density at radius 3 is 2.27 bits per heavy atom. The normalized spacial score (nSPS) is 16.4. The Balaban J connectivity index is 1.96. The lowest BCUT2D eigenvalue weighted by Crippen LogP contribution is -2.52. The average molecular weight is 560 g/mol. The first kappa shape index (κ1) is 32.7. The number of unbranched alkanes of at least 4 members (excludes halogenated alkanes) is 1. The van der Waals surface area contributed by atoms with Gasteiger partial charge in [-0.3, -0.25) is 4.79 Å². The number of rotatable bonds is 11. The highest BCUT2D eigenvalue weighted by atomic mass is 16.6. The van der Waals surface area contributed by atoms with Crippen molar-refractivity contribution < 1.29 is 33.4 Å². The molecule has 1 unspecified atom stereocenters. The average Bonchev–Trinajstić information content (AvgIpc) is 3.34. The summed E-state index contributed by atoms with van der Waals surface area (Å²) in [6, 6.07) is 8.06. The van der Waals surface area contributed by atoms with Gasteiger partial charge in [0, 0.05) is 13.1 Å². The number of carbonyl (C=O) groups excluding carboxylic acids is 4. The summed E-state index contributed by atoms with van der Waals surface area (Å²) in [6.07, 6.45) is 4.97. The fourth-order valence-electron chi connectivity index (χ4n) is 4.14. The second kappa shape index (κ2) is 15.3. The SMILES string of the molecule is CC(C)(C)OC(=O)NCCCCC(NC(=O)OC(C)(C)C)C(=O)N1CCC[C@H]1C(=O)OC/C=C/c1ccccc1. The molecule has 40 heavy (non-hydrogen) atoms. The lowest BCUT2D eigenvalue weighted by Gasteiger charge is -2.29. The molecule has 0 spiro atoms. The van der Waals surface area contributed by atoms with Crippen LogP contribution in [-0.4, -0.2) is 71.9 Å². The molecule has 0 bridgehead atoms. The van der Waals surface area contributed by atoms with E-state index >= 15 is 0 Å². The summed E-state index contributed by atoms with van der Waals surface area (Å²) < 4.78 is 16.0. The molecular weight excluding hydrogens is 514 g/mol. The first-order valence-electron chi connectivity index (χ1n) is 13.9. The zero-order valence-corrected chi connectivity index (χ0v) is 24.7. The third-order valence-electron chi connectivity index (χ3n) is 5.82. The van der Waals surface area contributed by atoms with Crippen LogP contribution < -0.4 is 10.6 Å². The van der Waals surface area contributed by atoms with Crippen LogP contribution in [0.25, 0.3) is 6.08 Å². The number of ether oxygens (including phenoxy) is 3. The van der Waals surface area contributed by atoms with E-state index in [2.05, 4.69) is 10.6 Å². The minimum absolute atomic E-state index is 0.0937. The molecule has 1 saturated heterocycles.